The van der Waals surface area contributed by atoms with E-state index in [9.17, 15) is 0 Å². The van der Waals surface area contributed by atoms with Crippen LogP contribution >= 0.6 is 0 Å². The second kappa shape index (κ2) is 6.38. The molecule has 3 nitrogen and oxygen atoms in total. The van der Waals surface area contributed by atoms with E-state index in [2.05, 4.69) is 55.2 Å². The normalized spacial score (nSPS) is 16.7. The van der Waals surface area contributed by atoms with Gasteiger partial charge in [-0.3, -0.25) is 0 Å². The number of pyridine rings is 1. The number of hydrogen-bond acceptors (Lipinski definition) is 3. The van der Waals surface area contributed by atoms with E-state index in [4.69, 9.17) is 0 Å². The zero-order chi connectivity index (χ0) is 13.8. The molecule has 1 unspecified atom stereocenters. The maximum absolute atomic E-state index is 4.51. The summed E-state index contributed by atoms with van der Waals surface area (Å²) >= 11 is 0. The van der Waals surface area contributed by atoms with Crippen LogP contribution in [0.3, 0.4) is 0 Å². The summed E-state index contributed by atoms with van der Waals surface area (Å²) in [6.07, 6.45) is 5.80. The summed E-state index contributed by atoms with van der Waals surface area (Å²) in [5.74, 6) is 1.81. The fraction of sp³-hybridized carbons (Fsp3) is 0.688. The van der Waals surface area contributed by atoms with Gasteiger partial charge in [-0.25, -0.2) is 4.98 Å². The molecule has 0 saturated heterocycles. The van der Waals surface area contributed by atoms with E-state index in [0.717, 1.165) is 24.3 Å². The zero-order valence-corrected chi connectivity index (χ0v) is 12.7. The Kier molecular flexibility index (Phi) is 4.81. The van der Waals surface area contributed by atoms with Gasteiger partial charge in [-0.15, -0.1) is 0 Å². The Morgan fingerprint density at radius 3 is 2.74 bits per heavy atom. The van der Waals surface area contributed by atoms with E-state index in [0.29, 0.717) is 6.04 Å². The molecule has 0 radical (unpaired) electrons. The smallest absolute Gasteiger partial charge is 0.128 e. The number of hydrogen-bond donors (Lipinski definition) is 1. The van der Waals surface area contributed by atoms with Crippen molar-refractivity contribution in [2.45, 2.75) is 58.7 Å². The first-order valence-electron chi connectivity index (χ1n) is 7.47. The molecule has 1 atom stereocenters. The monoisotopic (exact) mass is 261 g/mol. The average molecular weight is 261 g/mol. The van der Waals surface area contributed by atoms with Gasteiger partial charge in [-0.1, -0.05) is 13.8 Å². The second-order valence-corrected chi connectivity index (χ2v) is 6.27. The molecule has 1 aliphatic carbocycles. The van der Waals surface area contributed by atoms with Crippen molar-refractivity contribution < 1.29 is 0 Å². The summed E-state index contributed by atoms with van der Waals surface area (Å²) in [5.41, 5.74) is 1.33. The second-order valence-electron chi connectivity index (χ2n) is 6.27. The van der Waals surface area contributed by atoms with Gasteiger partial charge in [0.05, 0.1) is 0 Å². The molecule has 106 valence electrons. The molecule has 1 fully saturated rings. The maximum Gasteiger partial charge on any atom is 0.128 e. The fourth-order valence-corrected chi connectivity index (χ4v) is 2.38. The molecule has 1 aromatic rings. The molecule has 1 N–H and O–H groups in total. The third-order valence-electron chi connectivity index (χ3n) is 3.82. The minimum Gasteiger partial charge on any atom is -0.357 e. The lowest BCUT2D eigenvalue weighted by Gasteiger charge is -2.27. The molecule has 1 saturated carbocycles. The SMILES string of the molecule is CC(C)CC(C)N(C)c1cc(CNC2CC2)ccn1. The molecule has 1 aliphatic rings. The molecular weight excluding hydrogens is 234 g/mol. The first kappa shape index (κ1) is 14.3. The Labute approximate surface area is 117 Å². The van der Waals surface area contributed by atoms with Crippen molar-refractivity contribution in [3.63, 3.8) is 0 Å². The van der Waals surface area contributed by atoms with Gasteiger partial charge < -0.3 is 10.2 Å². The van der Waals surface area contributed by atoms with Crippen LogP contribution in [0, 0.1) is 5.92 Å². The van der Waals surface area contributed by atoms with Gasteiger partial charge in [0, 0.05) is 31.9 Å². The van der Waals surface area contributed by atoms with Gasteiger partial charge in [0.25, 0.3) is 0 Å². The number of nitrogens with one attached hydrogen (secondary N) is 1. The summed E-state index contributed by atoms with van der Waals surface area (Å²) in [6.45, 7) is 7.78. The van der Waals surface area contributed by atoms with Gasteiger partial charge >= 0.3 is 0 Å². The van der Waals surface area contributed by atoms with Crippen LogP contribution < -0.4 is 10.2 Å². The van der Waals surface area contributed by atoms with E-state index in [1.54, 1.807) is 0 Å². The summed E-state index contributed by atoms with van der Waals surface area (Å²) in [5, 5.41) is 3.55. The third kappa shape index (κ3) is 4.50. The topological polar surface area (TPSA) is 28.2 Å². The largest absolute Gasteiger partial charge is 0.357 e. The van der Waals surface area contributed by atoms with Crippen LogP contribution in [0.5, 0.6) is 0 Å². The highest BCUT2D eigenvalue weighted by Crippen LogP contribution is 2.21. The molecule has 0 aromatic carbocycles. The summed E-state index contributed by atoms with van der Waals surface area (Å²) in [7, 11) is 2.15. The Hall–Kier alpha value is -1.09. The average Bonchev–Trinajstić information content (AvgIpc) is 3.19. The van der Waals surface area contributed by atoms with E-state index < -0.39 is 0 Å². The van der Waals surface area contributed by atoms with Crippen LogP contribution in [-0.4, -0.2) is 24.1 Å². The van der Waals surface area contributed by atoms with Crippen molar-refractivity contribution >= 4 is 5.82 Å². The maximum atomic E-state index is 4.51. The summed E-state index contributed by atoms with van der Waals surface area (Å²) in [6, 6.07) is 5.61. The third-order valence-corrected chi connectivity index (χ3v) is 3.82. The molecular formula is C16H27N3. The molecule has 0 aliphatic heterocycles. The van der Waals surface area contributed by atoms with E-state index in [-0.39, 0.29) is 0 Å². The van der Waals surface area contributed by atoms with Crippen molar-refractivity contribution in [2.24, 2.45) is 5.92 Å². The molecule has 2 rings (SSSR count). The van der Waals surface area contributed by atoms with Gasteiger partial charge in [-0.05, 0) is 49.8 Å². The van der Waals surface area contributed by atoms with E-state index in [1.807, 2.05) is 6.20 Å². The predicted molar refractivity (Wildman–Crippen MR) is 81.4 cm³/mol. The number of anilines is 1. The molecule has 1 heterocycles. The van der Waals surface area contributed by atoms with Crippen molar-refractivity contribution in [1.29, 1.82) is 0 Å². The van der Waals surface area contributed by atoms with Gasteiger partial charge in [0.15, 0.2) is 0 Å². The van der Waals surface area contributed by atoms with Crippen molar-refractivity contribution in [1.82, 2.24) is 10.3 Å². The molecule has 1 aromatic heterocycles. The number of rotatable bonds is 7. The Balaban J connectivity index is 1.95. The molecule has 0 spiro atoms. The highest BCUT2D eigenvalue weighted by molar-refractivity contribution is 5.41. The lowest BCUT2D eigenvalue weighted by Crippen LogP contribution is -2.30. The van der Waals surface area contributed by atoms with E-state index >= 15 is 0 Å². The minimum absolute atomic E-state index is 0.527. The standard InChI is InChI=1S/C16H27N3/c1-12(2)9-13(3)19(4)16-10-14(7-8-17-16)11-18-15-5-6-15/h7-8,10,12-13,15,18H,5-6,9,11H2,1-4H3. The number of nitrogens with zero attached hydrogens (tertiary/aromatic N) is 2. The Morgan fingerprint density at radius 1 is 1.37 bits per heavy atom. The molecule has 0 bridgehead atoms. The quantitative estimate of drug-likeness (QED) is 0.817. The van der Waals surface area contributed by atoms with Crippen LogP contribution in [0.2, 0.25) is 0 Å². The molecule has 19 heavy (non-hydrogen) atoms. The van der Waals surface area contributed by atoms with E-state index in [1.165, 1.54) is 24.8 Å². The van der Waals surface area contributed by atoms with Gasteiger partial charge in [-0.2, -0.15) is 0 Å². The summed E-state index contributed by atoms with van der Waals surface area (Å²) < 4.78 is 0. The zero-order valence-electron chi connectivity index (χ0n) is 12.7. The molecule has 3 heteroatoms. The molecule has 0 amide bonds. The van der Waals surface area contributed by atoms with Crippen LogP contribution in [0.1, 0.15) is 45.6 Å². The van der Waals surface area contributed by atoms with Crippen LogP contribution in [-0.2, 0) is 6.54 Å². The Bertz CT molecular complexity index is 399. The lowest BCUT2D eigenvalue weighted by atomic mass is 10.0. The van der Waals surface area contributed by atoms with Crippen molar-refractivity contribution in [2.75, 3.05) is 11.9 Å². The number of aromatic nitrogens is 1. The predicted octanol–water partition coefficient (Wildman–Crippen LogP) is 3.20. The minimum atomic E-state index is 0.527. The van der Waals surface area contributed by atoms with Gasteiger partial charge in [0.2, 0.25) is 0 Å². The first-order valence-corrected chi connectivity index (χ1v) is 7.47. The van der Waals surface area contributed by atoms with Crippen molar-refractivity contribution in [3.05, 3.63) is 23.9 Å². The van der Waals surface area contributed by atoms with Gasteiger partial charge in [0.1, 0.15) is 5.82 Å². The fourth-order valence-electron chi connectivity index (χ4n) is 2.38. The van der Waals surface area contributed by atoms with Crippen LogP contribution in [0.15, 0.2) is 18.3 Å². The first-order chi connectivity index (χ1) is 9.06. The summed E-state index contributed by atoms with van der Waals surface area (Å²) in [4.78, 5) is 6.80. The van der Waals surface area contributed by atoms with Crippen molar-refractivity contribution in [3.8, 4) is 0 Å². The lowest BCUT2D eigenvalue weighted by molar-refractivity contribution is 0.502. The van der Waals surface area contributed by atoms with Crippen LogP contribution in [0.4, 0.5) is 5.82 Å². The highest BCUT2D eigenvalue weighted by atomic mass is 15.2. The Morgan fingerprint density at radius 2 is 2.11 bits per heavy atom. The highest BCUT2D eigenvalue weighted by Gasteiger charge is 2.20. The van der Waals surface area contributed by atoms with Crippen LogP contribution in [0.25, 0.3) is 0 Å².